The van der Waals surface area contributed by atoms with Crippen LogP contribution in [0.4, 0.5) is 4.79 Å². The molecule has 4 heteroatoms. The van der Waals surface area contributed by atoms with Gasteiger partial charge < -0.3 is 9.64 Å². The zero-order valence-electron chi connectivity index (χ0n) is 9.19. The molecule has 3 nitrogen and oxygen atoms in total. The molecule has 0 saturated carbocycles. The van der Waals surface area contributed by atoms with Gasteiger partial charge in [0.2, 0.25) is 0 Å². The second-order valence-electron chi connectivity index (χ2n) is 3.34. The van der Waals surface area contributed by atoms with Crippen LogP contribution in [0.15, 0.2) is 29.2 Å². The fourth-order valence-electron chi connectivity index (χ4n) is 1.01. The molecule has 0 atom stereocenters. The molecule has 0 unspecified atom stereocenters. The van der Waals surface area contributed by atoms with E-state index in [1.165, 1.54) is 11.8 Å². The molecular weight excluding hydrogens is 210 g/mol. The van der Waals surface area contributed by atoms with E-state index in [9.17, 15) is 4.79 Å². The molecule has 1 aromatic carbocycles. The van der Waals surface area contributed by atoms with Gasteiger partial charge in [-0.25, -0.2) is 0 Å². The number of thioether (sulfide) groups is 1. The third-order valence-corrected chi connectivity index (χ3v) is 2.85. The monoisotopic (exact) mass is 225 g/mol. The first kappa shape index (κ1) is 12.1. The Morgan fingerprint density at radius 2 is 1.93 bits per heavy atom. The van der Waals surface area contributed by atoms with E-state index in [-0.39, 0.29) is 5.24 Å². The number of ether oxygens (including phenoxy) is 1. The van der Waals surface area contributed by atoms with Crippen molar-refractivity contribution in [1.82, 2.24) is 4.90 Å². The minimum Gasteiger partial charge on any atom is -0.380 e. The maximum absolute atomic E-state index is 11.4. The van der Waals surface area contributed by atoms with Crippen molar-refractivity contribution in [2.24, 2.45) is 0 Å². The third kappa shape index (κ3) is 3.93. The van der Waals surface area contributed by atoms with Gasteiger partial charge in [0.1, 0.15) is 0 Å². The van der Waals surface area contributed by atoms with E-state index < -0.39 is 0 Å². The highest BCUT2D eigenvalue weighted by atomic mass is 32.2. The third-order valence-electron chi connectivity index (χ3n) is 1.80. The number of methoxy groups -OCH3 is 1. The minimum atomic E-state index is 0.0366. The Morgan fingerprint density at radius 3 is 2.40 bits per heavy atom. The first-order valence-corrected chi connectivity index (χ1v) is 5.42. The molecule has 0 heterocycles. The summed E-state index contributed by atoms with van der Waals surface area (Å²) in [4.78, 5) is 13.9. The molecule has 0 aromatic heterocycles. The number of carbonyl (C=O) groups excluding carboxylic acids is 1. The molecule has 0 bridgehead atoms. The summed E-state index contributed by atoms with van der Waals surface area (Å²) in [6.07, 6.45) is 0. The summed E-state index contributed by atoms with van der Waals surface area (Å²) in [5.41, 5.74) is 1.11. The van der Waals surface area contributed by atoms with Gasteiger partial charge in [-0.1, -0.05) is 12.1 Å². The predicted octanol–water partition coefficient (Wildman–Crippen LogP) is 2.61. The maximum atomic E-state index is 11.4. The number of hydrogen-bond donors (Lipinski definition) is 0. The Hall–Kier alpha value is -1.00. The lowest BCUT2D eigenvalue weighted by Gasteiger charge is -2.09. The molecule has 1 aromatic rings. The Morgan fingerprint density at radius 1 is 1.33 bits per heavy atom. The van der Waals surface area contributed by atoms with Gasteiger partial charge in [-0.3, -0.25) is 4.79 Å². The Kier molecular flexibility index (Phi) is 4.65. The highest BCUT2D eigenvalue weighted by Gasteiger charge is 2.05. The zero-order chi connectivity index (χ0) is 11.3. The number of benzene rings is 1. The topological polar surface area (TPSA) is 29.5 Å². The lowest BCUT2D eigenvalue weighted by Crippen LogP contribution is -2.15. The fourth-order valence-corrected chi connectivity index (χ4v) is 1.67. The molecule has 0 fully saturated rings. The predicted molar refractivity (Wildman–Crippen MR) is 62.1 cm³/mol. The van der Waals surface area contributed by atoms with Crippen LogP contribution in [0.1, 0.15) is 5.56 Å². The number of hydrogen-bond acceptors (Lipinski definition) is 3. The Bertz CT molecular complexity index is 322. The largest absolute Gasteiger partial charge is 0.380 e. The average molecular weight is 225 g/mol. The molecule has 82 valence electrons. The van der Waals surface area contributed by atoms with Gasteiger partial charge in [0.05, 0.1) is 6.61 Å². The van der Waals surface area contributed by atoms with Crippen LogP contribution in [0.5, 0.6) is 0 Å². The van der Waals surface area contributed by atoms with Gasteiger partial charge in [-0.15, -0.1) is 0 Å². The standard InChI is InChI=1S/C11H15NO2S/c1-12(2)11(13)15-10-6-4-9(5-7-10)8-14-3/h4-7H,8H2,1-3H3. The quantitative estimate of drug-likeness (QED) is 0.741. The normalized spacial score (nSPS) is 10.1. The minimum absolute atomic E-state index is 0.0366. The highest BCUT2D eigenvalue weighted by Crippen LogP contribution is 2.20. The lowest BCUT2D eigenvalue weighted by molar-refractivity contribution is 0.185. The van der Waals surface area contributed by atoms with Crippen molar-refractivity contribution in [3.63, 3.8) is 0 Å². The van der Waals surface area contributed by atoms with Crippen LogP contribution in [-0.2, 0) is 11.3 Å². The summed E-state index contributed by atoms with van der Waals surface area (Å²) in [5, 5.41) is 0.0366. The van der Waals surface area contributed by atoms with Crippen molar-refractivity contribution < 1.29 is 9.53 Å². The van der Waals surface area contributed by atoms with E-state index in [1.807, 2.05) is 24.3 Å². The van der Waals surface area contributed by atoms with Crippen LogP contribution >= 0.6 is 11.8 Å². The molecule has 1 amide bonds. The van der Waals surface area contributed by atoms with E-state index in [2.05, 4.69) is 0 Å². The van der Waals surface area contributed by atoms with Gasteiger partial charge in [-0.05, 0) is 29.5 Å². The van der Waals surface area contributed by atoms with Crippen LogP contribution in [0, 0.1) is 0 Å². The molecule has 1 rings (SSSR count). The first-order valence-electron chi connectivity index (χ1n) is 4.60. The van der Waals surface area contributed by atoms with E-state index in [4.69, 9.17) is 4.74 Å². The summed E-state index contributed by atoms with van der Waals surface area (Å²) in [5.74, 6) is 0. The zero-order valence-corrected chi connectivity index (χ0v) is 10.0. The van der Waals surface area contributed by atoms with E-state index in [0.29, 0.717) is 6.61 Å². The van der Waals surface area contributed by atoms with Crippen LogP contribution in [-0.4, -0.2) is 31.3 Å². The van der Waals surface area contributed by atoms with Gasteiger partial charge in [0.25, 0.3) is 5.24 Å². The molecular formula is C11H15NO2S. The fraction of sp³-hybridized carbons (Fsp3) is 0.364. The van der Waals surface area contributed by atoms with E-state index in [1.54, 1.807) is 26.1 Å². The maximum Gasteiger partial charge on any atom is 0.285 e. The lowest BCUT2D eigenvalue weighted by atomic mass is 10.2. The molecule has 0 aliphatic carbocycles. The second kappa shape index (κ2) is 5.78. The second-order valence-corrected chi connectivity index (χ2v) is 4.36. The van der Waals surface area contributed by atoms with Crippen molar-refractivity contribution in [3.8, 4) is 0 Å². The van der Waals surface area contributed by atoms with Crippen molar-refractivity contribution in [2.45, 2.75) is 11.5 Å². The summed E-state index contributed by atoms with van der Waals surface area (Å²) in [6.45, 7) is 0.604. The summed E-state index contributed by atoms with van der Waals surface area (Å²) >= 11 is 1.22. The van der Waals surface area contributed by atoms with Gasteiger partial charge in [0.15, 0.2) is 0 Å². The Balaban J connectivity index is 2.60. The molecule has 15 heavy (non-hydrogen) atoms. The van der Waals surface area contributed by atoms with Crippen LogP contribution in [0.2, 0.25) is 0 Å². The molecule has 0 aliphatic rings. The van der Waals surface area contributed by atoms with Crippen molar-refractivity contribution in [3.05, 3.63) is 29.8 Å². The van der Waals surface area contributed by atoms with Crippen molar-refractivity contribution in [2.75, 3.05) is 21.2 Å². The SMILES string of the molecule is COCc1ccc(SC(=O)N(C)C)cc1. The average Bonchev–Trinajstić information content (AvgIpc) is 2.21. The highest BCUT2D eigenvalue weighted by molar-refractivity contribution is 8.13. The first-order chi connectivity index (χ1) is 7.13. The Labute approximate surface area is 94.4 Å². The van der Waals surface area contributed by atoms with Gasteiger partial charge in [0, 0.05) is 26.1 Å². The summed E-state index contributed by atoms with van der Waals surface area (Å²) in [7, 11) is 5.15. The number of amides is 1. The van der Waals surface area contributed by atoms with Crippen LogP contribution in [0.25, 0.3) is 0 Å². The molecule has 0 spiro atoms. The number of carbonyl (C=O) groups is 1. The van der Waals surface area contributed by atoms with Gasteiger partial charge in [-0.2, -0.15) is 0 Å². The van der Waals surface area contributed by atoms with Crippen molar-refractivity contribution >= 4 is 17.0 Å². The summed E-state index contributed by atoms with van der Waals surface area (Å²) < 4.78 is 5.01. The summed E-state index contributed by atoms with van der Waals surface area (Å²) in [6, 6.07) is 7.80. The van der Waals surface area contributed by atoms with E-state index in [0.717, 1.165) is 10.5 Å². The molecule has 0 aliphatic heterocycles. The van der Waals surface area contributed by atoms with Crippen LogP contribution < -0.4 is 0 Å². The smallest absolute Gasteiger partial charge is 0.285 e. The molecule has 0 saturated heterocycles. The van der Waals surface area contributed by atoms with Crippen molar-refractivity contribution in [1.29, 1.82) is 0 Å². The van der Waals surface area contributed by atoms with Crippen LogP contribution in [0.3, 0.4) is 0 Å². The molecule has 0 N–H and O–H groups in total. The van der Waals surface area contributed by atoms with Gasteiger partial charge >= 0.3 is 0 Å². The number of rotatable bonds is 3. The van der Waals surface area contributed by atoms with E-state index >= 15 is 0 Å². The number of nitrogens with zero attached hydrogens (tertiary/aromatic N) is 1. The molecule has 0 radical (unpaired) electrons.